The fraction of sp³-hybridized carbons (Fsp3) is 0.120. The second-order valence-corrected chi connectivity index (χ2v) is 6.53. The average molecular weight is 354 g/mol. The molecule has 1 unspecified atom stereocenters. The highest BCUT2D eigenvalue weighted by molar-refractivity contribution is 5.66. The lowest BCUT2D eigenvalue weighted by atomic mass is 9.99. The van der Waals surface area contributed by atoms with Gasteiger partial charge in [-0.05, 0) is 35.8 Å². The molecule has 0 bridgehead atoms. The Bertz CT molecular complexity index is 956. The first-order chi connectivity index (χ1) is 13.3. The van der Waals surface area contributed by atoms with Gasteiger partial charge in [-0.2, -0.15) is 0 Å². The molecule has 3 aromatic carbocycles. The Hall–Kier alpha value is -3.26. The topological polar surface area (TPSA) is 18.5 Å². The van der Waals surface area contributed by atoms with Crippen molar-refractivity contribution in [1.82, 2.24) is 0 Å². The molecule has 2 nitrogen and oxygen atoms in total. The van der Waals surface area contributed by atoms with E-state index in [0.717, 1.165) is 34.6 Å². The van der Waals surface area contributed by atoms with Crippen LogP contribution in [0.3, 0.4) is 0 Å². The van der Waals surface area contributed by atoms with E-state index in [-0.39, 0.29) is 6.10 Å². The summed E-state index contributed by atoms with van der Waals surface area (Å²) in [4.78, 5) is 0. The first-order valence-corrected chi connectivity index (χ1v) is 9.16. The van der Waals surface area contributed by atoms with Crippen molar-refractivity contribution in [2.75, 3.05) is 7.11 Å². The summed E-state index contributed by atoms with van der Waals surface area (Å²) in [5, 5.41) is 0. The minimum absolute atomic E-state index is 0.0658. The highest BCUT2D eigenvalue weighted by Crippen LogP contribution is 2.38. The molecule has 0 fully saturated rings. The smallest absolute Gasteiger partial charge is 0.142 e. The van der Waals surface area contributed by atoms with E-state index < -0.39 is 0 Å². The zero-order valence-corrected chi connectivity index (χ0v) is 15.3. The zero-order chi connectivity index (χ0) is 18.5. The van der Waals surface area contributed by atoms with E-state index in [1.54, 1.807) is 7.11 Å². The summed E-state index contributed by atoms with van der Waals surface area (Å²) >= 11 is 0. The van der Waals surface area contributed by atoms with Gasteiger partial charge in [0.05, 0.1) is 7.11 Å². The van der Waals surface area contributed by atoms with E-state index in [1.807, 2.05) is 42.5 Å². The number of allylic oxidation sites excluding steroid dienone is 1. The molecular formula is C25H22O2. The molecule has 1 atom stereocenters. The normalized spacial score (nSPS) is 15.4. The van der Waals surface area contributed by atoms with E-state index in [4.69, 9.17) is 9.47 Å². The SMILES string of the molecule is COc1cc2c(c(CC=Cc3ccccc3)c1)OC(c1ccccc1)C=C2. The Morgan fingerprint density at radius 2 is 1.70 bits per heavy atom. The van der Waals surface area contributed by atoms with Crippen LogP contribution in [-0.4, -0.2) is 7.11 Å². The van der Waals surface area contributed by atoms with Gasteiger partial charge in [-0.25, -0.2) is 0 Å². The Morgan fingerprint density at radius 3 is 2.44 bits per heavy atom. The number of hydrogen-bond acceptors (Lipinski definition) is 2. The highest BCUT2D eigenvalue weighted by atomic mass is 16.5. The second kappa shape index (κ2) is 7.96. The molecule has 0 saturated heterocycles. The van der Waals surface area contributed by atoms with Gasteiger partial charge in [-0.3, -0.25) is 0 Å². The minimum Gasteiger partial charge on any atom is -0.497 e. The molecule has 0 saturated carbocycles. The lowest BCUT2D eigenvalue weighted by molar-refractivity contribution is 0.249. The molecule has 27 heavy (non-hydrogen) atoms. The van der Waals surface area contributed by atoms with E-state index in [9.17, 15) is 0 Å². The van der Waals surface area contributed by atoms with Crippen LogP contribution in [0.1, 0.15) is 28.4 Å². The summed E-state index contributed by atoms with van der Waals surface area (Å²) in [6.07, 6.45) is 9.25. The van der Waals surface area contributed by atoms with Gasteiger partial charge in [0.25, 0.3) is 0 Å². The molecule has 0 radical (unpaired) electrons. The molecule has 3 aromatic rings. The van der Waals surface area contributed by atoms with Crippen LogP contribution >= 0.6 is 0 Å². The summed E-state index contributed by atoms with van der Waals surface area (Å²) in [6.45, 7) is 0. The van der Waals surface area contributed by atoms with Crippen LogP contribution in [-0.2, 0) is 6.42 Å². The Morgan fingerprint density at radius 1 is 0.963 bits per heavy atom. The fourth-order valence-electron chi connectivity index (χ4n) is 3.29. The molecule has 0 amide bonds. The van der Waals surface area contributed by atoms with Gasteiger partial charge in [-0.1, -0.05) is 78.9 Å². The molecule has 0 aromatic heterocycles. The van der Waals surface area contributed by atoms with Crippen molar-refractivity contribution >= 4 is 12.2 Å². The lowest BCUT2D eigenvalue weighted by Crippen LogP contribution is -2.10. The maximum atomic E-state index is 6.38. The van der Waals surface area contributed by atoms with Gasteiger partial charge in [0.15, 0.2) is 0 Å². The van der Waals surface area contributed by atoms with E-state index in [2.05, 4.69) is 54.6 Å². The number of hydrogen-bond donors (Lipinski definition) is 0. The minimum atomic E-state index is -0.0658. The van der Waals surface area contributed by atoms with Gasteiger partial charge in [-0.15, -0.1) is 0 Å². The van der Waals surface area contributed by atoms with Crippen LogP contribution in [0.5, 0.6) is 11.5 Å². The monoisotopic (exact) mass is 354 g/mol. The third-order valence-corrected chi connectivity index (χ3v) is 4.67. The van der Waals surface area contributed by atoms with Crippen molar-refractivity contribution in [3.05, 3.63) is 107 Å². The van der Waals surface area contributed by atoms with E-state index >= 15 is 0 Å². The molecule has 1 heterocycles. The second-order valence-electron chi connectivity index (χ2n) is 6.53. The molecule has 0 spiro atoms. The van der Waals surface area contributed by atoms with Crippen LogP contribution in [0.4, 0.5) is 0 Å². The van der Waals surface area contributed by atoms with Crippen molar-refractivity contribution in [1.29, 1.82) is 0 Å². The summed E-state index contributed by atoms with van der Waals surface area (Å²) in [5.41, 5.74) is 4.53. The lowest BCUT2D eigenvalue weighted by Gasteiger charge is -2.24. The van der Waals surface area contributed by atoms with E-state index in [0.29, 0.717) is 0 Å². The van der Waals surface area contributed by atoms with Crippen molar-refractivity contribution < 1.29 is 9.47 Å². The van der Waals surface area contributed by atoms with Crippen molar-refractivity contribution in [2.24, 2.45) is 0 Å². The van der Waals surface area contributed by atoms with Crippen LogP contribution in [0.15, 0.2) is 84.9 Å². The number of fused-ring (bicyclic) bond motifs is 1. The van der Waals surface area contributed by atoms with Crippen LogP contribution < -0.4 is 9.47 Å². The first-order valence-electron chi connectivity index (χ1n) is 9.16. The predicted octanol–water partition coefficient (Wildman–Crippen LogP) is 6.10. The number of rotatable bonds is 5. The van der Waals surface area contributed by atoms with Gasteiger partial charge in [0, 0.05) is 11.1 Å². The Balaban J connectivity index is 1.62. The number of benzene rings is 3. The number of ether oxygens (including phenoxy) is 2. The largest absolute Gasteiger partial charge is 0.497 e. The molecule has 4 rings (SSSR count). The third kappa shape index (κ3) is 3.95. The Kier molecular flexibility index (Phi) is 5.06. The average Bonchev–Trinajstić information content (AvgIpc) is 2.74. The quantitative estimate of drug-likeness (QED) is 0.551. The third-order valence-electron chi connectivity index (χ3n) is 4.67. The highest BCUT2D eigenvalue weighted by Gasteiger charge is 2.20. The van der Waals surface area contributed by atoms with E-state index in [1.165, 1.54) is 5.56 Å². The summed E-state index contributed by atoms with van der Waals surface area (Å²) in [6, 6.07) is 24.7. The maximum Gasteiger partial charge on any atom is 0.142 e. The molecular weight excluding hydrogens is 332 g/mol. The van der Waals surface area contributed by atoms with Crippen molar-refractivity contribution in [3.8, 4) is 11.5 Å². The molecule has 134 valence electrons. The van der Waals surface area contributed by atoms with Crippen molar-refractivity contribution in [2.45, 2.75) is 12.5 Å². The van der Waals surface area contributed by atoms with Crippen LogP contribution in [0.25, 0.3) is 12.2 Å². The van der Waals surface area contributed by atoms with Gasteiger partial charge >= 0.3 is 0 Å². The predicted molar refractivity (Wildman–Crippen MR) is 111 cm³/mol. The fourth-order valence-corrected chi connectivity index (χ4v) is 3.29. The summed E-state index contributed by atoms with van der Waals surface area (Å²) in [5.74, 6) is 1.79. The van der Waals surface area contributed by atoms with Gasteiger partial charge in [0.1, 0.15) is 17.6 Å². The van der Waals surface area contributed by atoms with Gasteiger partial charge in [0.2, 0.25) is 0 Å². The molecule has 2 heteroatoms. The number of methoxy groups -OCH3 is 1. The molecule has 1 aliphatic rings. The van der Waals surface area contributed by atoms with Crippen LogP contribution in [0, 0.1) is 0 Å². The first kappa shape index (κ1) is 17.2. The zero-order valence-electron chi connectivity index (χ0n) is 15.3. The standard InChI is InChI=1S/C25H22O2/c1-26-23-17-21(14-8-11-19-9-4-2-5-10-19)25-22(18-23)15-16-24(27-25)20-12-6-3-7-13-20/h2-13,15-18,24H,14H2,1H3. The molecule has 1 aliphatic heterocycles. The van der Waals surface area contributed by atoms with Gasteiger partial charge < -0.3 is 9.47 Å². The Labute approximate surface area is 160 Å². The summed E-state index contributed by atoms with van der Waals surface area (Å²) < 4.78 is 11.9. The summed E-state index contributed by atoms with van der Waals surface area (Å²) in [7, 11) is 1.70. The maximum absolute atomic E-state index is 6.38. The molecule has 0 aliphatic carbocycles. The van der Waals surface area contributed by atoms with Crippen LogP contribution in [0.2, 0.25) is 0 Å². The molecule has 0 N–H and O–H groups in total. The van der Waals surface area contributed by atoms with Crippen molar-refractivity contribution in [3.63, 3.8) is 0 Å².